The molecule has 0 aliphatic rings. The van der Waals surface area contributed by atoms with Gasteiger partial charge in [0.25, 0.3) is 0 Å². The molecule has 1 heterocycles. The third-order valence-electron chi connectivity index (χ3n) is 3.20. The Morgan fingerprint density at radius 1 is 1.41 bits per heavy atom. The third kappa shape index (κ3) is 4.51. The maximum atomic E-state index is 12.0. The summed E-state index contributed by atoms with van der Waals surface area (Å²) in [5.74, 6) is 0.482. The molecule has 2 aromatic rings. The molecule has 118 valence electrons. The summed E-state index contributed by atoms with van der Waals surface area (Å²) in [5.41, 5.74) is 1.55. The summed E-state index contributed by atoms with van der Waals surface area (Å²) in [6.45, 7) is 3.73. The minimum Gasteiger partial charge on any atom is -0.467 e. The fraction of sp³-hybridized carbons (Fsp3) is 0.312. The molecule has 5 nitrogen and oxygen atoms in total. The molecule has 0 aliphatic carbocycles. The Morgan fingerprint density at radius 2 is 2.18 bits per heavy atom. The fourth-order valence-corrected chi connectivity index (χ4v) is 2.27. The van der Waals surface area contributed by atoms with Crippen molar-refractivity contribution in [1.29, 1.82) is 0 Å². The number of aliphatic hydroxyl groups is 1. The van der Waals surface area contributed by atoms with Crippen LogP contribution in [-0.4, -0.2) is 17.2 Å². The summed E-state index contributed by atoms with van der Waals surface area (Å²) in [6.07, 6.45) is 1.10. The second-order valence-electron chi connectivity index (χ2n) is 5.25. The van der Waals surface area contributed by atoms with Crippen LogP contribution in [0.5, 0.6) is 0 Å². The summed E-state index contributed by atoms with van der Waals surface area (Å²) in [7, 11) is 0. The minimum absolute atomic E-state index is 0.233. The summed E-state index contributed by atoms with van der Waals surface area (Å²) in [5, 5.41) is 15.9. The van der Waals surface area contributed by atoms with Crippen LogP contribution in [0.25, 0.3) is 0 Å². The lowest BCUT2D eigenvalue weighted by molar-refractivity contribution is 0.130. The van der Waals surface area contributed by atoms with Crippen molar-refractivity contribution in [2.45, 2.75) is 32.4 Å². The van der Waals surface area contributed by atoms with Crippen LogP contribution in [0.3, 0.4) is 0 Å². The summed E-state index contributed by atoms with van der Waals surface area (Å²) in [6, 6.07) is 8.21. The van der Waals surface area contributed by atoms with Crippen molar-refractivity contribution >= 4 is 23.3 Å². The van der Waals surface area contributed by atoms with E-state index in [2.05, 4.69) is 10.6 Å². The molecule has 1 aromatic carbocycles. The molecule has 2 amide bonds. The Labute approximate surface area is 134 Å². The van der Waals surface area contributed by atoms with Crippen LogP contribution >= 0.6 is 11.6 Å². The lowest BCUT2D eigenvalue weighted by atomic mass is 10.1. The number of halogens is 1. The van der Waals surface area contributed by atoms with E-state index in [1.807, 2.05) is 19.9 Å². The molecular weight excluding hydrogens is 304 g/mol. The average Bonchev–Trinajstić information content (AvgIpc) is 2.96. The zero-order chi connectivity index (χ0) is 16.1. The van der Waals surface area contributed by atoms with Crippen LogP contribution in [0.2, 0.25) is 5.02 Å². The fourth-order valence-electron chi connectivity index (χ4n) is 2.11. The summed E-state index contributed by atoms with van der Waals surface area (Å²) < 4.78 is 5.13. The summed E-state index contributed by atoms with van der Waals surface area (Å²) >= 11 is 6.03. The van der Waals surface area contributed by atoms with Crippen molar-refractivity contribution in [2.75, 3.05) is 5.32 Å². The molecule has 2 unspecified atom stereocenters. The van der Waals surface area contributed by atoms with Crippen molar-refractivity contribution in [2.24, 2.45) is 0 Å². The van der Waals surface area contributed by atoms with Crippen molar-refractivity contribution in [3.63, 3.8) is 0 Å². The van der Waals surface area contributed by atoms with Crippen LogP contribution in [-0.2, 0) is 0 Å². The van der Waals surface area contributed by atoms with E-state index in [1.165, 1.54) is 6.26 Å². The maximum absolute atomic E-state index is 12.0. The van der Waals surface area contributed by atoms with Crippen molar-refractivity contribution in [1.82, 2.24) is 5.32 Å². The zero-order valence-corrected chi connectivity index (χ0v) is 13.2. The highest BCUT2D eigenvalue weighted by Crippen LogP contribution is 2.23. The van der Waals surface area contributed by atoms with E-state index in [4.69, 9.17) is 16.0 Å². The van der Waals surface area contributed by atoms with Crippen molar-refractivity contribution in [3.05, 3.63) is 52.9 Å². The highest BCUT2D eigenvalue weighted by molar-refractivity contribution is 6.33. The molecule has 22 heavy (non-hydrogen) atoms. The van der Waals surface area contributed by atoms with E-state index in [9.17, 15) is 9.90 Å². The van der Waals surface area contributed by atoms with Gasteiger partial charge in [-0.2, -0.15) is 0 Å². The predicted octanol–water partition coefficient (Wildman–Crippen LogP) is 3.88. The molecule has 2 rings (SSSR count). The van der Waals surface area contributed by atoms with E-state index in [-0.39, 0.29) is 12.1 Å². The molecule has 6 heteroatoms. The number of hydrogen-bond acceptors (Lipinski definition) is 3. The van der Waals surface area contributed by atoms with Gasteiger partial charge in [0.05, 0.1) is 17.0 Å². The number of aliphatic hydroxyl groups excluding tert-OH is 1. The lowest BCUT2D eigenvalue weighted by Gasteiger charge is -2.17. The Morgan fingerprint density at radius 3 is 2.86 bits per heavy atom. The molecule has 2 atom stereocenters. The number of hydrogen-bond donors (Lipinski definition) is 3. The van der Waals surface area contributed by atoms with Crippen LogP contribution < -0.4 is 10.6 Å². The normalized spacial score (nSPS) is 13.5. The molecule has 0 bridgehead atoms. The van der Waals surface area contributed by atoms with Gasteiger partial charge in [-0.1, -0.05) is 17.7 Å². The number of furan rings is 1. The SMILES string of the molecule is Cc1ccc(Cl)c(NC(=O)NC(C)CC(O)c2ccco2)c1. The van der Waals surface area contributed by atoms with Gasteiger partial charge in [0.1, 0.15) is 11.9 Å². The lowest BCUT2D eigenvalue weighted by Crippen LogP contribution is -2.37. The van der Waals surface area contributed by atoms with E-state index in [1.54, 1.807) is 24.3 Å². The molecule has 1 aromatic heterocycles. The summed E-state index contributed by atoms with van der Waals surface area (Å²) in [4.78, 5) is 12.0. The minimum atomic E-state index is -0.757. The number of carbonyl (C=O) groups is 1. The van der Waals surface area contributed by atoms with E-state index in [0.717, 1.165) is 5.56 Å². The van der Waals surface area contributed by atoms with Gasteiger partial charge in [0.2, 0.25) is 0 Å². The van der Waals surface area contributed by atoms with Gasteiger partial charge in [-0.3, -0.25) is 0 Å². The molecule has 0 aliphatic heterocycles. The van der Waals surface area contributed by atoms with E-state index >= 15 is 0 Å². The van der Waals surface area contributed by atoms with Gasteiger partial charge < -0.3 is 20.2 Å². The first kappa shape index (κ1) is 16.4. The maximum Gasteiger partial charge on any atom is 0.319 e. The Hall–Kier alpha value is -1.98. The van der Waals surface area contributed by atoms with Crippen LogP contribution in [0.4, 0.5) is 10.5 Å². The molecule has 0 fully saturated rings. The highest BCUT2D eigenvalue weighted by atomic mass is 35.5. The molecule has 0 spiro atoms. The second-order valence-corrected chi connectivity index (χ2v) is 5.66. The first-order chi connectivity index (χ1) is 10.5. The van der Waals surface area contributed by atoms with Gasteiger partial charge in [0.15, 0.2) is 0 Å². The van der Waals surface area contributed by atoms with E-state index in [0.29, 0.717) is 22.9 Å². The number of aryl methyl sites for hydroxylation is 1. The van der Waals surface area contributed by atoms with Crippen molar-refractivity contribution < 1.29 is 14.3 Å². The largest absolute Gasteiger partial charge is 0.467 e. The van der Waals surface area contributed by atoms with Crippen LogP contribution in [0.1, 0.15) is 30.8 Å². The molecule has 0 radical (unpaired) electrons. The molecular formula is C16H19ClN2O3. The first-order valence-corrected chi connectivity index (χ1v) is 7.38. The number of benzene rings is 1. The number of nitrogens with one attached hydrogen (secondary N) is 2. The third-order valence-corrected chi connectivity index (χ3v) is 3.53. The number of carbonyl (C=O) groups excluding carboxylic acids is 1. The molecule has 0 saturated carbocycles. The standard InChI is InChI=1S/C16H19ClN2O3/c1-10-5-6-12(17)13(8-10)19-16(21)18-11(2)9-14(20)15-4-3-7-22-15/h3-8,11,14,20H,9H2,1-2H3,(H2,18,19,21). The average molecular weight is 323 g/mol. The highest BCUT2D eigenvalue weighted by Gasteiger charge is 2.16. The van der Waals surface area contributed by atoms with Crippen molar-refractivity contribution in [3.8, 4) is 0 Å². The Kier molecular flexibility index (Phi) is 5.46. The predicted molar refractivity (Wildman–Crippen MR) is 86.1 cm³/mol. The van der Waals surface area contributed by atoms with Crippen LogP contribution in [0.15, 0.2) is 41.0 Å². The quantitative estimate of drug-likeness (QED) is 0.782. The first-order valence-electron chi connectivity index (χ1n) is 7.01. The van der Waals surface area contributed by atoms with Crippen LogP contribution in [0, 0.1) is 6.92 Å². The van der Waals surface area contributed by atoms with Gasteiger partial charge in [-0.15, -0.1) is 0 Å². The number of anilines is 1. The van der Waals surface area contributed by atoms with Gasteiger partial charge in [-0.25, -0.2) is 4.79 Å². The van der Waals surface area contributed by atoms with Gasteiger partial charge >= 0.3 is 6.03 Å². The topological polar surface area (TPSA) is 74.5 Å². The van der Waals surface area contributed by atoms with Gasteiger partial charge in [0, 0.05) is 12.5 Å². The molecule has 3 N–H and O–H groups in total. The Bertz CT molecular complexity index is 628. The molecule has 0 saturated heterocycles. The van der Waals surface area contributed by atoms with Gasteiger partial charge in [-0.05, 0) is 43.7 Å². The zero-order valence-electron chi connectivity index (χ0n) is 12.5. The Balaban J connectivity index is 1.87. The van der Waals surface area contributed by atoms with E-state index < -0.39 is 6.10 Å². The number of amides is 2. The number of rotatable bonds is 5. The smallest absolute Gasteiger partial charge is 0.319 e. The number of urea groups is 1. The second kappa shape index (κ2) is 7.33. The monoisotopic (exact) mass is 322 g/mol.